The van der Waals surface area contributed by atoms with Crippen LogP contribution in [0.5, 0.6) is 5.75 Å². The Morgan fingerprint density at radius 2 is 2.00 bits per heavy atom. The van der Waals surface area contributed by atoms with Crippen LogP contribution in [0.3, 0.4) is 0 Å². The van der Waals surface area contributed by atoms with Gasteiger partial charge >= 0.3 is 0 Å². The van der Waals surface area contributed by atoms with Gasteiger partial charge in [0.15, 0.2) is 6.10 Å². The monoisotopic (exact) mass is 338 g/mol. The van der Waals surface area contributed by atoms with Crippen molar-refractivity contribution in [1.29, 1.82) is 0 Å². The molecule has 1 heterocycles. The summed E-state index contributed by atoms with van der Waals surface area (Å²) in [4.78, 5) is 12.4. The molecule has 1 fully saturated rings. The summed E-state index contributed by atoms with van der Waals surface area (Å²) < 4.78 is 31.3. The van der Waals surface area contributed by atoms with Gasteiger partial charge in [0.2, 0.25) is 10.0 Å². The van der Waals surface area contributed by atoms with Gasteiger partial charge in [0.05, 0.1) is 18.5 Å². The number of sulfonamides is 1. The Morgan fingerprint density at radius 1 is 1.30 bits per heavy atom. The van der Waals surface area contributed by atoms with E-state index in [-0.39, 0.29) is 18.5 Å². The number of hydrogen-bond acceptors (Lipinski definition) is 4. The third kappa shape index (κ3) is 3.44. The van der Waals surface area contributed by atoms with Crippen molar-refractivity contribution >= 4 is 21.6 Å². The third-order valence-corrected chi connectivity index (χ3v) is 5.52. The number of rotatable bonds is 3. The number of fused-ring (bicyclic) bond motifs is 1. The van der Waals surface area contributed by atoms with Crippen LogP contribution in [0, 0.1) is 6.92 Å². The number of anilines is 1. The quantitative estimate of drug-likeness (QED) is 0.908. The second-order valence-corrected chi connectivity index (χ2v) is 8.27. The van der Waals surface area contributed by atoms with Crippen molar-refractivity contribution < 1.29 is 17.9 Å². The van der Waals surface area contributed by atoms with Gasteiger partial charge in [-0.25, -0.2) is 8.42 Å². The molecule has 0 bridgehead atoms. The Hall–Kier alpha value is -1.76. The highest BCUT2D eigenvalue weighted by atomic mass is 32.2. The zero-order valence-corrected chi connectivity index (χ0v) is 14.2. The van der Waals surface area contributed by atoms with Crippen molar-refractivity contribution in [2.45, 2.75) is 44.8 Å². The minimum Gasteiger partial charge on any atom is -0.476 e. The van der Waals surface area contributed by atoms with Gasteiger partial charge in [-0.1, -0.05) is 18.9 Å². The first kappa shape index (κ1) is 16.1. The molecule has 0 spiro atoms. The standard InChI is InChI=1S/C16H22N2O4S/c1-11-7-8-14-13(9-11)18(23(2,20)21)10-15(22-14)16(19)17-12-5-3-4-6-12/h7-9,12,15H,3-6,10H2,1-2H3,(H,17,19). The van der Waals surface area contributed by atoms with Crippen molar-refractivity contribution in [3.05, 3.63) is 23.8 Å². The molecule has 2 aliphatic rings. The smallest absolute Gasteiger partial charge is 0.263 e. The second-order valence-electron chi connectivity index (χ2n) is 6.36. The SMILES string of the molecule is Cc1ccc2c(c1)N(S(C)(=O)=O)CC(C(=O)NC1CCCC1)O2. The molecule has 1 aliphatic heterocycles. The number of aryl methyl sites for hydroxylation is 1. The molecule has 1 aliphatic carbocycles. The summed E-state index contributed by atoms with van der Waals surface area (Å²) in [5.74, 6) is 0.190. The molecule has 0 radical (unpaired) electrons. The van der Waals surface area contributed by atoms with E-state index >= 15 is 0 Å². The lowest BCUT2D eigenvalue weighted by Gasteiger charge is -2.34. The molecule has 1 N–H and O–H groups in total. The van der Waals surface area contributed by atoms with Crippen LogP contribution in [0.1, 0.15) is 31.2 Å². The van der Waals surface area contributed by atoms with Gasteiger partial charge in [-0.05, 0) is 37.5 Å². The Balaban J connectivity index is 1.85. The van der Waals surface area contributed by atoms with Gasteiger partial charge in [-0.2, -0.15) is 0 Å². The fourth-order valence-corrected chi connectivity index (χ4v) is 4.08. The van der Waals surface area contributed by atoms with Gasteiger partial charge in [-0.15, -0.1) is 0 Å². The summed E-state index contributed by atoms with van der Waals surface area (Å²) in [7, 11) is -3.48. The number of nitrogens with zero attached hydrogens (tertiary/aromatic N) is 1. The first-order valence-electron chi connectivity index (χ1n) is 7.90. The molecule has 1 aromatic rings. The first-order chi connectivity index (χ1) is 10.8. The lowest BCUT2D eigenvalue weighted by Crippen LogP contribution is -2.52. The normalized spacial score (nSPS) is 21.7. The van der Waals surface area contributed by atoms with Crippen LogP contribution in [-0.2, 0) is 14.8 Å². The van der Waals surface area contributed by atoms with Crippen molar-refractivity contribution in [3.8, 4) is 5.75 Å². The molecule has 1 atom stereocenters. The molecule has 0 aromatic heterocycles. The van der Waals surface area contributed by atoms with E-state index in [0.717, 1.165) is 37.5 Å². The van der Waals surface area contributed by atoms with Crippen LogP contribution in [0.4, 0.5) is 5.69 Å². The van der Waals surface area contributed by atoms with Crippen molar-refractivity contribution in [1.82, 2.24) is 5.32 Å². The number of amides is 1. The van der Waals surface area contributed by atoms with Crippen LogP contribution < -0.4 is 14.4 Å². The fraction of sp³-hybridized carbons (Fsp3) is 0.562. The maximum absolute atomic E-state index is 12.4. The molecule has 1 unspecified atom stereocenters. The Bertz CT molecular complexity index is 711. The molecule has 6 nitrogen and oxygen atoms in total. The van der Waals surface area contributed by atoms with E-state index in [1.807, 2.05) is 13.0 Å². The fourth-order valence-electron chi connectivity index (χ4n) is 3.18. The Morgan fingerprint density at radius 3 is 2.65 bits per heavy atom. The minimum atomic E-state index is -3.48. The van der Waals surface area contributed by atoms with E-state index in [1.54, 1.807) is 12.1 Å². The van der Waals surface area contributed by atoms with Gasteiger partial charge in [0.1, 0.15) is 5.75 Å². The number of nitrogens with one attached hydrogen (secondary N) is 1. The van der Waals surface area contributed by atoms with Gasteiger partial charge < -0.3 is 10.1 Å². The van der Waals surface area contributed by atoms with E-state index in [2.05, 4.69) is 5.32 Å². The van der Waals surface area contributed by atoms with Crippen LogP contribution >= 0.6 is 0 Å². The lowest BCUT2D eigenvalue weighted by atomic mass is 10.1. The Kier molecular flexibility index (Phi) is 4.23. The van der Waals surface area contributed by atoms with E-state index < -0.39 is 16.1 Å². The zero-order chi connectivity index (χ0) is 16.6. The van der Waals surface area contributed by atoms with E-state index in [1.165, 1.54) is 4.31 Å². The molecule has 1 amide bonds. The number of ether oxygens (including phenoxy) is 1. The van der Waals surface area contributed by atoms with Crippen molar-refractivity contribution in [2.75, 3.05) is 17.1 Å². The second kappa shape index (κ2) is 6.03. The number of hydrogen-bond donors (Lipinski definition) is 1. The summed E-state index contributed by atoms with van der Waals surface area (Å²) >= 11 is 0. The highest BCUT2D eigenvalue weighted by Gasteiger charge is 2.35. The predicted octanol–water partition coefficient (Wildman–Crippen LogP) is 1.58. The molecule has 1 saturated carbocycles. The first-order valence-corrected chi connectivity index (χ1v) is 9.75. The van der Waals surface area contributed by atoms with Crippen molar-refractivity contribution in [3.63, 3.8) is 0 Å². The maximum Gasteiger partial charge on any atom is 0.263 e. The van der Waals surface area contributed by atoms with Crippen LogP contribution in [0.2, 0.25) is 0 Å². The number of carbonyl (C=O) groups is 1. The highest BCUT2D eigenvalue weighted by molar-refractivity contribution is 7.92. The summed E-state index contributed by atoms with van der Waals surface area (Å²) in [6.07, 6.45) is 4.52. The predicted molar refractivity (Wildman–Crippen MR) is 88.2 cm³/mol. The summed E-state index contributed by atoms with van der Waals surface area (Å²) in [5.41, 5.74) is 1.44. The minimum absolute atomic E-state index is 0.00778. The average molecular weight is 338 g/mol. The molecular weight excluding hydrogens is 316 g/mol. The molecule has 23 heavy (non-hydrogen) atoms. The topological polar surface area (TPSA) is 75.7 Å². The number of benzene rings is 1. The van der Waals surface area contributed by atoms with Crippen molar-refractivity contribution in [2.24, 2.45) is 0 Å². The zero-order valence-electron chi connectivity index (χ0n) is 13.4. The highest BCUT2D eigenvalue weighted by Crippen LogP contribution is 2.35. The van der Waals surface area contributed by atoms with E-state index in [0.29, 0.717) is 11.4 Å². The van der Waals surface area contributed by atoms with Crippen LogP contribution in [0.25, 0.3) is 0 Å². The maximum atomic E-state index is 12.4. The van der Waals surface area contributed by atoms with Crippen LogP contribution in [0.15, 0.2) is 18.2 Å². The summed E-state index contributed by atoms with van der Waals surface area (Å²) in [6.45, 7) is 1.90. The third-order valence-electron chi connectivity index (χ3n) is 4.38. The lowest BCUT2D eigenvalue weighted by molar-refractivity contribution is -0.128. The largest absolute Gasteiger partial charge is 0.476 e. The summed E-state index contributed by atoms with van der Waals surface area (Å²) in [6, 6.07) is 5.51. The molecule has 7 heteroatoms. The molecule has 0 saturated heterocycles. The molecule has 1 aromatic carbocycles. The Labute approximate surface area is 136 Å². The average Bonchev–Trinajstić information content (AvgIpc) is 2.98. The van der Waals surface area contributed by atoms with Gasteiger partial charge in [0.25, 0.3) is 5.91 Å². The van der Waals surface area contributed by atoms with E-state index in [9.17, 15) is 13.2 Å². The number of carbonyl (C=O) groups excluding carboxylic acids is 1. The molecular formula is C16H22N2O4S. The molecule has 126 valence electrons. The van der Waals surface area contributed by atoms with Crippen LogP contribution in [-0.4, -0.2) is 39.3 Å². The van der Waals surface area contributed by atoms with Gasteiger partial charge in [-0.3, -0.25) is 9.10 Å². The van der Waals surface area contributed by atoms with E-state index in [4.69, 9.17) is 4.74 Å². The molecule has 3 rings (SSSR count). The van der Waals surface area contributed by atoms with Gasteiger partial charge in [0, 0.05) is 6.04 Å². The summed E-state index contributed by atoms with van der Waals surface area (Å²) in [5, 5.41) is 2.98.